The highest BCUT2D eigenvalue weighted by atomic mass is 16.4. The molecule has 0 radical (unpaired) electrons. The van der Waals surface area contributed by atoms with Crippen LogP contribution in [0.4, 0.5) is 5.69 Å². The van der Waals surface area contributed by atoms with Crippen LogP contribution in [0, 0.1) is 5.41 Å². The molecule has 2 aliphatic heterocycles. The summed E-state index contributed by atoms with van der Waals surface area (Å²) in [4.78, 5) is 25.3. The van der Waals surface area contributed by atoms with E-state index in [0.29, 0.717) is 0 Å². The monoisotopic (exact) mass is 347 g/mol. The van der Waals surface area contributed by atoms with E-state index < -0.39 is 11.9 Å². The zero-order valence-corrected chi connectivity index (χ0v) is 14.7. The van der Waals surface area contributed by atoms with Crippen molar-refractivity contribution in [2.24, 2.45) is 10.4 Å². The Hall–Kier alpha value is -2.57. The summed E-state index contributed by atoms with van der Waals surface area (Å²) < 4.78 is 0. The Morgan fingerprint density at radius 1 is 1.28 bits per heavy atom. The highest BCUT2D eigenvalue weighted by Crippen LogP contribution is 2.40. The van der Waals surface area contributed by atoms with Gasteiger partial charge >= 0.3 is 11.9 Å². The molecule has 7 heteroatoms. The Balaban J connectivity index is 0.000000326. The second kappa shape index (κ2) is 8.00. The van der Waals surface area contributed by atoms with Gasteiger partial charge in [0.05, 0.1) is 6.54 Å². The first-order valence-corrected chi connectivity index (χ1v) is 8.43. The lowest BCUT2D eigenvalue weighted by Crippen LogP contribution is -2.50. The number of anilines is 1. The van der Waals surface area contributed by atoms with Crippen molar-refractivity contribution in [3.8, 4) is 0 Å². The number of hydrogen-bond donors (Lipinski definition) is 3. The molecule has 0 amide bonds. The third kappa shape index (κ3) is 4.29. The predicted molar refractivity (Wildman–Crippen MR) is 96.3 cm³/mol. The second-order valence-electron chi connectivity index (χ2n) is 6.46. The molecule has 0 spiro atoms. The van der Waals surface area contributed by atoms with E-state index in [2.05, 4.69) is 48.5 Å². The topological polar surface area (TPSA) is 102 Å². The molecule has 7 nitrogen and oxygen atoms in total. The van der Waals surface area contributed by atoms with Gasteiger partial charge in [-0.25, -0.2) is 9.59 Å². The standard InChI is InChI=1S/C16H23N3.C2H2O4/c1-3-8-16(15-17-9-10-18-15)11-13-6-4-5-7-14(13)19(2)12-16;3-1(4)2(5)6/h4-7H,3,8-12H2,1-2H3,(H,17,18);(H,3,4)(H,5,6). The van der Waals surface area contributed by atoms with Crippen LogP contribution in [0.1, 0.15) is 25.3 Å². The van der Waals surface area contributed by atoms with Crippen molar-refractivity contribution in [1.82, 2.24) is 5.32 Å². The molecule has 0 saturated heterocycles. The number of benzene rings is 1. The zero-order valence-electron chi connectivity index (χ0n) is 14.7. The fraction of sp³-hybridized carbons (Fsp3) is 0.500. The van der Waals surface area contributed by atoms with Gasteiger partial charge in [0.1, 0.15) is 5.84 Å². The van der Waals surface area contributed by atoms with E-state index >= 15 is 0 Å². The fourth-order valence-corrected chi connectivity index (χ4v) is 3.67. The lowest BCUT2D eigenvalue weighted by Gasteiger charge is -2.43. The summed E-state index contributed by atoms with van der Waals surface area (Å²) in [6.07, 6.45) is 3.53. The van der Waals surface area contributed by atoms with Crippen molar-refractivity contribution in [3.63, 3.8) is 0 Å². The quantitative estimate of drug-likeness (QED) is 0.718. The SMILES string of the molecule is CCCC1(C2=NCCN2)Cc2ccccc2N(C)C1.O=C(O)C(=O)O. The molecule has 25 heavy (non-hydrogen) atoms. The molecule has 0 bridgehead atoms. The van der Waals surface area contributed by atoms with Crippen LogP contribution in [0.25, 0.3) is 0 Å². The van der Waals surface area contributed by atoms with Crippen molar-refractivity contribution in [2.45, 2.75) is 26.2 Å². The van der Waals surface area contributed by atoms with E-state index in [1.807, 2.05) is 0 Å². The number of hydrogen-bond acceptors (Lipinski definition) is 5. The van der Waals surface area contributed by atoms with Crippen molar-refractivity contribution in [2.75, 3.05) is 31.6 Å². The summed E-state index contributed by atoms with van der Waals surface area (Å²) in [6, 6.07) is 8.78. The van der Waals surface area contributed by atoms with Crippen molar-refractivity contribution >= 4 is 23.5 Å². The number of rotatable bonds is 3. The van der Waals surface area contributed by atoms with Crippen LogP contribution in [0.5, 0.6) is 0 Å². The maximum Gasteiger partial charge on any atom is 0.414 e. The predicted octanol–water partition coefficient (Wildman–Crippen LogP) is 1.62. The van der Waals surface area contributed by atoms with Gasteiger partial charge in [-0.15, -0.1) is 0 Å². The number of aliphatic imine (C=N–C) groups is 1. The molecule has 136 valence electrons. The minimum absolute atomic E-state index is 0.189. The molecular formula is C18H25N3O4. The van der Waals surface area contributed by atoms with Gasteiger partial charge in [-0.2, -0.15) is 0 Å². The summed E-state index contributed by atoms with van der Waals surface area (Å²) in [6.45, 7) is 5.29. The van der Waals surface area contributed by atoms with E-state index in [0.717, 1.165) is 26.1 Å². The van der Waals surface area contributed by atoms with Gasteiger partial charge in [-0.3, -0.25) is 4.99 Å². The Labute approximate surface area is 147 Å². The molecule has 3 N–H and O–H groups in total. The highest BCUT2D eigenvalue weighted by molar-refractivity contribution is 6.27. The number of fused-ring (bicyclic) bond motifs is 1. The lowest BCUT2D eigenvalue weighted by atomic mass is 9.73. The van der Waals surface area contributed by atoms with E-state index in [1.165, 1.54) is 29.9 Å². The zero-order chi connectivity index (χ0) is 18.4. The molecule has 0 aromatic heterocycles. The molecule has 1 aromatic carbocycles. The van der Waals surface area contributed by atoms with Gasteiger partial charge in [0, 0.05) is 31.2 Å². The molecule has 1 aromatic rings. The molecule has 2 heterocycles. The number of nitrogens with zero attached hydrogens (tertiary/aromatic N) is 2. The molecule has 0 fully saturated rings. The fourth-order valence-electron chi connectivity index (χ4n) is 3.67. The summed E-state index contributed by atoms with van der Waals surface area (Å²) in [5, 5.41) is 18.3. The molecule has 2 aliphatic rings. The van der Waals surface area contributed by atoms with Crippen LogP contribution >= 0.6 is 0 Å². The largest absolute Gasteiger partial charge is 0.473 e. The van der Waals surface area contributed by atoms with Crippen molar-refractivity contribution in [3.05, 3.63) is 29.8 Å². The van der Waals surface area contributed by atoms with Gasteiger partial charge < -0.3 is 20.4 Å². The number of carboxylic acids is 2. The van der Waals surface area contributed by atoms with E-state index in [9.17, 15) is 0 Å². The Kier molecular flexibility index (Phi) is 6.01. The minimum atomic E-state index is -1.82. The van der Waals surface area contributed by atoms with Crippen LogP contribution in [-0.4, -0.2) is 54.7 Å². The van der Waals surface area contributed by atoms with E-state index in [-0.39, 0.29) is 5.41 Å². The summed E-state index contributed by atoms with van der Waals surface area (Å²) in [5.41, 5.74) is 3.03. The Morgan fingerprint density at radius 2 is 1.96 bits per heavy atom. The summed E-state index contributed by atoms with van der Waals surface area (Å²) in [7, 11) is 2.21. The van der Waals surface area contributed by atoms with Crippen LogP contribution < -0.4 is 10.2 Å². The number of para-hydroxylation sites is 1. The first-order chi connectivity index (χ1) is 11.9. The maximum absolute atomic E-state index is 9.10. The van der Waals surface area contributed by atoms with Crippen LogP contribution in [0.2, 0.25) is 0 Å². The number of amidine groups is 1. The first kappa shape index (κ1) is 18.8. The van der Waals surface area contributed by atoms with Crippen LogP contribution in [0.3, 0.4) is 0 Å². The molecule has 1 atom stereocenters. The van der Waals surface area contributed by atoms with E-state index in [1.54, 1.807) is 0 Å². The Morgan fingerprint density at radius 3 is 2.52 bits per heavy atom. The van der Waals surface area contributed by atoms with Gasteiger partial charge in [0.2, 0.25) is 0 Å². The van der Waals surface area contributed by atoms with Gasteiger partial charge in [0.15, 0.2) is 0 Å². The maximum atomic E-state index is 9.10. The van der Waals surface area contributed by atoms with Gasteiger partial charge in [-0.1, -0.05) is 31.5 Å². The lowest BCUT2D eigenvalue weighted by molar-refractivity contribution is -0.159. The minimum Gasteiger partial charge on any atom is -0.473 e. The smallest absolute Gasteiger partial charge is 0.414 e. The first-order valence-electron chi connectivity index (χ1n) is 8.43. The van der Waals surface area contributed by atoms with Crippen LogP contribution in [-0.2, 0) is 16.0 Å². The molecule has 0 aliphatic carbocycles. The third-order valence-corrected chi connectivity index (χ3v) is 4.56. The normalized spacial score (nSPS) is 21.4. The number of carbonyl (C=O) groups is 2. The molecule has 0 saturated carbocycles. The average Bonchev–Trinajstić information content (AvgIpc) is 3.11. The molecular weight excluding hydrogens is 322 g/mol. The average molecular weight is 347 g/mol. The Bertz CT molecular complexity index is 662. The summed E-state index contributed by atoms with van der Waals surface area (Å²) >= 11 is 0. The summed E-state index contributed by atoms with van der Waals surface area (Å²) in [5.74, 6) is -2.40. The number of carboxylic acid groups (broad SMARTS) is 2. The van der Waals surface area contributed by atoms with Crippen LogP contribution in [0.15, 0.2) is 29.3 Å². The number of aliphatic carboxylic acids is 2. The van der Waals surface area contributed by atoms with E-state index in [4.69, 9.17) is 24.8 Å². The van der Waals surface area contributed by atoms with Gasteiger partial charge in [-0.05, 0) is 24.5 Å². The van der Waals surface area contributed by atoms with Crippen molar-refractivity contribution < 1.29 is 19.8 Å². The molecule has 1 unspecified atom stereocenters. The highest BCUT2D eigenvalue weighted by Gasteiger charge is 2.41. The second-order valence-corrected chi connectivity index (χ2v) is 6.46. The van der Waals surface area contributed by atoms with Gasteiger partial charge in [0.25, 0.3) is 0 Å². The van der Waals surface area contributed by atoms with Crippen molar-refractivity contribution in [1.29, 1.82) is 0 Å². The third-order valence-electron chi connectivity index (χ3n) is 4.56. The molecule has 3 rings (SSSR count). The number of nitrogens with one attached hydrogen (secondary N) is 1.